The second-order valence-electron chi connectivity index (χ2n) is 3.42. The minimum Gasteiger partial charge on any atom is -0.486 e. The first-order valence-electron chi connectivity index (χ1n) is 5.05. The van der Waals surface area contributed by atoms with E-state index in [4.69, 9.17) is 15.2 Å². The van der Waals surface area contributed by atoms with E-state index in [0.717, 1.165) is 0 Å². The van der Waals surface area contributed by atoms with Crippen molar-refractivity contribution in [2.75, 3.05) is 19.8 Å². The summed E-state index contributed by atoms with van der Waals surface area (Å²) in [4.78, 5) is 0. The largest absolute Gasteiger partial charge is 0.486 e. The molecule has 1 unspecified atom stereocenters. The molecule has 15 heavy (non-hydrogen) atoms. The van der Waals surface area contributed by atoms with Crippen LogP contribution in [-0.2, 0) is 0 Å². The number of hydrogen-bond donors (Lipinski definition) is 1. The predicted molar refractivity (Wildman–Crippen MR) is 55.0 cm³/mol. The molecular formula is C11H14FNO2. The molecule has 2 N–H and O–H groups in total. The molecule has 1 aliphatic rings. The number of halogens is 1. The molecule has 2 rings (SSSR count). The quantitative estimate of drug-likeness (QED) is 0.829. The molecule has 4 heteroatoms. The number of benzene rings is 1. The van der Waals surface area contributed by atoms with Crippen LogP contribution in [0.25, 0.3) is 0 Å². The van der Waals surface area contributed by atoms with E-state index in [2.05, 4.69) is 0 Å². The van der Waals surface area contributed by atoms with Gasteiger partial charge in [0.25, 0.3) is 0 Å². The van der Waals surface area contributed by atoms with Gasteiger partial charge >= 0.3 is 0 Å². The van der Waals surface area contributed by atoms with Crippen molar-refractivity contribution in [3.05, 3.63) is 23.8 Å². The SMILES string of the molecule is NCCC(F)c1cccc2c1OCCO2. The first-order valence-corrected chi connectivity index (χ1v) is 5.05. The van der Waals surface area contributed by atoms with E-state index in [1.54, 1.807) is 18.2 Å². The maximum Gasteiger partial charge on any atom is 0.167 e. The van der Waals surface area contributed by atoms with E-state index >= 15 is 0 Å². The van der Waals surface area contributed by atoms with Gasteiger partial charge in [-0.2, -0.15) is 0 Å². The zero-order valence-corrected chi connectivity index (χ0v) is 8.41. The van der Waals surface area contributed by atoms with Crippen LogP contribution in [0.1, 0.15) is 18.2 Å². The Labute approximate surface area is 88.0 Å². The van der Waals surface area contributed by atoms with Gasteiger partial charge in [-0.1, -0.05) is 12.1 Å². The summed E-state index contributed by atoms with van der Waals surface area (Å²) in [6.07, 6.45) is -0.772. The number of rotatable bonds is 3. The third-order valence-corrected chi connectivity index (χ3v) is 2.35. The lowest BCUT2D eigenvalue weighted by atomic mass is 10.1. The molecule has 0 aromatic heterocycles. The van der Waals surface area contributed by atoms with E-state index in [-0.39, 0.29) is 0 Å². The zero-order valence-electron chi connectivity index (χ0n) is 8.41. The van der Waals surface area contributed by atoms with Crippen molar-refractivity contribution < 1.29 is 13.9 Å². The van der Waals surface area contributed by atoms with Gasteiger partial charge in [0.05, 0.1) is 0 Å². The summed E-state index contributed by atoms with van der Waals surface area (Å²) < 4.78 is 24.5. The van der Waals surface area contributed by atoms with E-state index in [9.17, 15) is 4.39 Å². The van der Waals surface area contributed by atoms with E-state index in [1.165, 1.54) is 0 Å². The van der Waals surface area contributed by atoms with Crippen LogP contribution >= 0.6 is 0 Å². The fraction of sp³-hybridized carbons (Fsp3) is 0.455. The number of fused-ring (bicyclic) bond motifs is 1. The first-order chi connectivity index (χ1) is 7.33. The summed E-state index contributed by atoms with van der Waals surface area (Å²) in [6.45, 7) is 1.31. The summed E-state index contributed by atoms with van der Waals surface area (Å²) in [5.41, 5.74) is 5.87. The molecule has 1 atom stereocenters. The summed E-state index contributed by atoms with van der Waals surface area (Å²) in [5.74, 6) is 1.16. The van der Waals surface area contributed by atoms with Crippen LogP contribution in [0, 0.1) is 0 Å². The highest BCUT2D eigenvalue weighted by Gasteiger charge is 2.20. The Morgan fingerprint density at radius 1 is 1.33 bits per heavy atom. The Balaban J connectivity index is 2.30. The van der Waals surface area contributed by atoms with Crippen molar-refractivity contribution in [2.24, 2.45) is 5.73 Å². The van der Waals surface area contributed by atoms with E-state index < -0.39 is 6.17 Å². The second-order valence-corrected chi connectivity index (χ2v) is 3.42. The van der Waals surface area contributed by atoms with Crippen LogP contribution in [-0.4, -0.2) is 19.8 Å². The third kappa shape index (κ3) is 2.04. The molecule has 1 heterocycles. The van der Waals surface area contributed by atoms with Crippen molar-refractivity contribution in [2.45, 2.75) is 12.6 Å². The van der Waals surface area contributed by atoms with Gasteiger partial charge in [-0.3, -0.25) is 0 Å². The van der Waals surface area contributed by atoms with E-state index in [0.29, 0.717) is 43.2 Å². The van der Waals surface area contributed by atoms with Crippen LogP contribution < -0.4 is 15.2 Å². The minimum absolute atomic E-state index is 0.305. The molecule has 82 valence electrons. The predicted octanol–water partition coefficient (Wildman–Crippen LogP) is 1.82. The summed E-state index contributed by atoms with van der Waals surface area (Å²) >= 11 is 0. The van der Waals surface area contributed by atoms with Crippen LogP contribution in [0.5, 0.6) is 11.5 Å². The van der Waals surface area contributed by atoms with Gasteiger partial charge in [-0.05, 0) is 19.0 Å². The average molecular weight is 211 g/mol. The average Bonchev–Trinajstić information content (AvgIpc) is 2.28. The van der Waals surface area contributed by atoms with Gasteiger partial charge in [-0.15, -0.1) is 0 Å². The molecular weight excluding hydrogens is 197 g/mol. The van der Waals surface area contributed by atoms with Gasteiger partial charge < -0.3 is 15.2 Å². The molecule has 0 amide bonds. The second kappa shape index (κ2) is 4.49. The Morgan fingerprint density at radius 2 is 2.13 bits per heavy atom. The molecule has 0 saturated carbocycles. The Kier molecular flexibility index (Phi) is 3.06. The maximum atomic E-state index is 13.7. The molecule has 0 aliphatic carbocycles. The topological polar surface area (TPSA) is 44.5 Å². The monoisotopic (exact) mass is 211 g/mol. The smallest absolute Gasteiger partial charge is 0.167 e. The van der Waals surface area contributed by atoms with Gasteiger partial charge in [0.1, 0.15) is 19.4 Å². The maximum absolute atomic E-state index is 13.7. The highest BCUT2D eigenvalue weighted by molar-refractivity contribution is 5.48. The third-order valence-electron chi connectivity index (χ3n) is 2.35. The van der Waals surface area contributed by atoms with Gasteiger partial charge in [0.15, 0.2) is 11.5 Å². The Morgan fingerprint density at radius 3 is 2.93 bits per heavy atom. The highest BCUT2D eigenvalue weighted by Crippen LogP contribution is 2.38. The molecule has 0 fully saturated rings. The summed E-state index contributed by atoms with van der Waals surface area (Å²) in [7, 11) is 0. The van der Waals surface area contributed by atoms with Gasteiger partial charge in [0.2, 0.25) is 0 Å². The minimum atomic E-state index is -1.08. The fourth-order valence-corrected chi connectivity index (χ4v) is 1.64. The first kappa shape index (κ1) is 10.2. The van der Waals surface area contributed by atoms with Crippen molar-refractivity contribution >= 4 is 0 Å². The lowest BCUT2D eigenvalue weighted by molar-refractivity contribution is 0.165. The number of nitrogens with two attached hydrogens (primary N) is 1. The Hall–Kier alpha value is -1.29. The normalized spacial score (nSPS) is 16.1. The molecule has 3 nitrogen and oxygen atoms in total. The number of hydrogen-bond acceptors (Lipinski definition) is 3. The molecule has 0 bridgehead atoms. The lowest BCUT2D eigenvalue weighted by Crippen LogP contribution is -2.17. The highest BCUT2D eigenvalue weighted by atomic mass is 19.1. The number of ether oxygens (including phenoxy) is 2. The number of alkyl halides is 1. The molecule has 0 radical (unpaired) electrons. The fourth-order valence-electron chi connectivity index (χ4n) is 1.64. The Bertz CT molecular complexity index is 343. The summed E-state index contributed by atoms with van der Waals surface area (Å²) in [5, 5.41) is 0. The van der Waals surface area contributed by atoms with Crippen molar-refractivity contribution in [1.29, 1.82) is 0 Å². The number of para-hydroxylation sites is 1. The van der Waals surface area contributed by atoms with E-state index in [1.807, 2.05) is 0 Å². The lowest BCUT2D eigenvalue weighted by Gasteiger charge is -2.22. The molecule has 1 aromatic carbocycles. The van der Waals surface area contributed by atoms with Crippen molar-refractivity contribution in [1.82, 2.24) is 0 Å². The standard InChI is InChI=1S/C11H14FNO2/c12-9(4-5-13)8-2-1-3-10-11(8)15-7-6-14-10/h1-3,9H,4-7,13H2. The van der Waals surface area contributed by atoms with Gasteiger partial charge in [-0.25, -0.2) is 4.39 Å². The molecule has 1 aromatic rings. The van der Waals surface area contributed by atoms with Crippen molar-refractivity contribution in [3.8, 4) is 11.5 Å². The van der Waals surface area contributed by atoms with Crippen LogP contribution in [0.2, 0.25) is 0 Å². The van der Waals surface area contributed by atoms with Gasteiger partial charge in [0, 0.05) is 5.56 Å². The molecule has 1 aliphatic heterocycles. The van der Waals surface area contributed by atoms with Crippen LogP contribution in [0.4, 0.5) is 4.39 Å². The van der Waals surface area contributed by atoms with Crippen molar-refractivity contribution in [3.63, 3.8) is 0 Å². The molecule has 0 spiro atoms. The molecule has 0 saturated heterocycles. The van der Waals surface area contributed by atoms with Crippen LogP contribution in [0.3, 0.4) is 0 Å². The zero-order chi connectivity index (χ0) is 10.7. The van der Waals surface area contributed by atoms with Crippen LogP contribution in [0.15, 0.2) is 18.2 Å². The summed E-state index contributed by atoms with van der Waals surface area (Å²) in [6, 6.07) is 5.27.